The number of hydrogen-bond acceptors (Lipinski definition) is 6. The Morgan fingerprint density at radius 3 is 1.04 bits per heavy atom. The highest BCUT2D eigenvalue weighted by atomic mass is 35.5. The minimum Gasteiger partial charge on any atom is -0.465 e. The molecule has 0 rings (SSSR count). The van der Waals surface area contributed by atoms with Gasteiger partial charge in [0.05, 0.1) is 13.1 Å². The lowest BCUT2D eigenvalue weighted by Gasteiger charge is -2.22. The fourth-order valence-electron chi connectivity index (χ4n) is 5.88. The molecule has 0 aliphatic carbocycles. The average molecular weight is 756 g/mol. The molecule has 0 radical (unpaired) electrons. The molecule has 0 aliphatic rings. The van der Waals surface area contributed by atoms with Crippen molar-refractivity contribution in [2.75, 3.05) is 32.8 Å². The molecular weight excluding hydrogens is 679 g/mol. The smallest absolute Gasteiger partial charge is 0.405 e. The first-order valence-corrected chi connectivity index (χ1v) is 20.0. The Labute approximate surface area is 318 Å². The third-order valence-corrected chi connectivity index (χ3v) is 8.96. The van der Waals surface area contributed by atoms with Crippen LogP contribution in [0.25, 0.3) is 0 Å². The molecule has 0 heterocycles. The van der Waals surface area contributed by atoms with Gasteiger partial charge in [-0.3, -0.25) is 14.4 Å². The number of carbonyl (C=O) groups is 4. The summed E-state index contributed by atoms with van der Waals surface area (Å²) in [6.07, 6.45) is 31.6. The average Bonchev–Trinajstić information content (AvgIpc) is 3.07. The monoisotopic (exact) mass is 755 g/mol. The van der Waals surface area contributed by atoms with E-state index in [4.69, 9.17) is 14.6 Å². The predicted molar refractivity (Wildman–Crippen MR) is 210 cm³/mol. The zero-order valence-electron chi connectivity index (χ0n) is 32.0. The zero-order valence-corrected chi connectivity index (χ0v) is 33.6. The van der Waals surface area contributed by atoms with Gasteiger partial charge in [-0.05, 0) is 12.8 Å². The Morgan fingerprint density at radius 2 is 0.760 bits per heavy atom. The van der Waals surface area contributed by atoms with Crippen LogP contribution in [0.3, 0.4) is 0 Å². The molecule has 0 fully saturated rings. The van der Waals surface area contributed by atoms with Crippen molar-refractivity contribution in [1.82, 2.24) is 10.2 Å². The number of esters is 2. The Balaban J connectivity index is -0.0000110. The number of rotatable bonds is 36. The van der Waals surface area contributed by atoms with Crippen molar-refractivity contribution in [3.05, 3.63) is 0 Å². The second-order valence-corrected chi connectivity index (χ2v) is 13.5. The number of nitrogens with one attached hydrogen (secondary N) is 1. The first-order valence-electron chi connectivity index (χ1n) is 20.0. The van der Waals surface area contributed by atoms with Crippen LogP contribution >= 0.6 is 24.8 Å². The van der Waals surface area contributed by atoms with Gasteiger partial charge in [0.25, 0.3) is 0 Å². The molecule has 0 aliphatic heterocycles. The topological polar surface area (TPSA) is 122 Å². The first-order chi connectivity index (χ1) is 23.4. The van der Waals surface area contributed by atoms with Crippen LogP contribution in [0.2, 0.25) is 0 Å². The van der Waals surface area contributed by atoms with E-state index in [2.05, 4.69) is 19.2 Å². The maximum Gasteiger partial charge on any atom is 0.405 e. The summed E-state index contributed by atoms with van der Waals surface area (Å²) in [5.41, 5.74) is 0. The second-order valence-electron chi connectivity index (χ2n) is 13.5. The van der Waals surface area contributed by atoms with E-state index in [1.54, 1.807) is 0 Å². The van der Waals surface area contributed by atoms with Crippen LogP contribution in [0.1, 0.15) is 194 Å². The van der Waals surface area contributed by atoms with E-state index in [0.29, 0.717) is 12.8 Å². The molecular formula is C39H76Cl2N2O7. The summed E-state index contributed by atoms with van der Waals surface area (Å²) in [5, 5.41) is 10.9. The Kier molecular flexibility index (Phi) is 43.9. The van der Waals surface area contributed by atoms with Crippen molar-refractivity contribution < 1.29 is 33.8 Å². The van der Waals surface area contributed by atoms with Crippen molar-refractivity contribution in [3.63, 3.8) is 0 Å². The molecule has 0 unspecified atom stereocenters. The van der Waals surface area contributed by atoms with Gasteiger partial charge in [0.2, 0.25) is 5.91 Å². The van der Waals surface area contributed by atoms with Crippen LogP contribution < -0.4 is 5.32 Å². The lowest BCUT2D eigenvalue weighted by Crippen LogP contribution is -2.43. The summed E-state index contributed by atoms with van der Waals surface area (Å²) in [4.78, 5) is 49.1. The fraction of sp³-hybridized carbons (Fsp3) is 0.897. The molecule has 0 saturated heterocycles. The van der Waals surface area contributed by atoms with E-state index in [1.807, 2.05) is 0 Å². The Bertz CT molecular complexity index is 742. The first kappa shape index (κ1) is 52.6. The zero-order chi connectivity index (χ0) is 35.3. The highest BCUT2D eigenvalue weighted by Gasteiger charge is 2.16. The third kappa shape index (κ3) is 39.1. The number of ether oxygens (including phenoxy) is 2. The lowest BCUT2D eigenvalue weighted by atomic mass is 10.0. The summed E-state index contributed by atoms with van der Waals surface area (Å²) >= 11 is 0. The van der Waals surface area contributed by atoms with Gasteiger partial charge >= 0.3 is 18.0 Å². The molecule has 0 aromatic heterocycles. The van der Waals surface area contributed by atoms with E-state index < -0.39 is 18.5 Å². The molecule has 0 atom stereocenters. The SMILES string of the molecule is CCCCCCCCCCCCCCCC(=O)OCCN(CCOC(=O)CCCCCCCCCCCCCCC)C(=O)CNC(=O)O.Cl.Cl. The number of carboxylic acid groups (broad SMARTS) is 1. The molecule has 0 bridgehead atoms. The van der Waals surface area contributed by atoms with E-state index in [9.17, 15) is 19.2 Å². The Morgan fingerprint density at radius 1 is 0.480 bits per heavy atom. The number of amides is 2. The van der Waals surface area contributed by atoms with Gasteiger partial charge in [-0.2, -0.15) is 0 Å². The molecule has 298 valence electrons. The number of unbranched alkanes of at least 4 members (excludes halogenated alkanes) is 24. The van der Waals surface area contributed by atoms with Crippen LogP contribution in [0.4, 0.5) is 4.79 Å². The summed E-state index contributed by atoms with van der Waals surface area (Å²) in [5.74, 6) is -1.05. The normalized spacial score (nSPS) is 10.5. The van der Waals surface area contributed by atoms with Crippen LogP contribution in [0, 0.1) is 0 Å². The van der Waals surface area contributed by atoms with Gasteiger partial charge in [0.15, 0.2) is 0 Å². The summed E-state index contributed by atoms with van der Waals surface area (Å²) in [6, 6.07) is 0. The van der Waals surface area contributed by atoms with E-state index in [0.717, 1.165) is 38.5 Å². The fourth-order valence-corrected chi connectivity index (χ4v) is 5.88. The standard InChI is InChI=1S/C39H74N2O7.2ClH/c1-3-5-7-9-11-13-15-17-19-21-23-25-27-29-37(43)47-33-31-41(36(42)35-40-39(45)46)32-34-48-38(44)30-28-26-24-22-20-18-16-14-12-10-8-6-4-2;;/h40H,3-35H2,1-2H3,(H,45,46);2*1H. The van der Waals surface area contributed by atoms with Gasteiger partial charge in [-0.25, -0.2) is 4.79 Å². The minimum absolute atomic E-state index is 0. The number of halogens is 2. The van der Waals surface area contributed by atoms with Gasteiger partial charge in [-0.15, -0.1) is 24.8 Å². The largest absolute Gasteiger partial charge is 0.465 e. The van der Waals surface area contributed by atoms with Crippen molar-refractivity contribution in [2.24, 2.45) is 0 Å². The third-order valence-electron chi connectivity index (χ3n) is 8.96. The lowest BCUT2D eigenvalue weighted by molar-refractivity contribution is -0.147. The molecule has 0 saturated carbocycles. The molecule has 9 nitrogen and oxygen atoms in total. The van der Waals surface area contributed by atoms with Crippen molar-refractivity contribution in [1.29, 1.82) is 0 Å². The van der Waals surface area contributed by atoms with Crippen molar-refractivity contribution in [2.45, 2.75) is 194 Å². The molecule has 0 aromatic carbocycles. The maximum atomic E-state index is 12.5. The minimum atomic E-state index is -1.29. The maximum absolute atomic E-state index is 12.5. The van der Waals surface area contributed by atoms with Crippen molar-refractivity contribution in [3.8, 4) is 0 Å². The summed E-state index contributed by atoms with van der Waals surface area (Å²) in [7, 11) is 0. The molecule has 0 spiro atoms. The molecule has 11 heteroatoms. The van der Waals surface area contributed by atoms with Gasteiger partial charge in [0.1, 0.15) is 19.8 Å². The van der Waals surface area contributed by atoms with Gasteiger partial charge in [-0.1, -0.05) is 168 Å². The quantitative estimate of drug-likeness (QED) is 0.0482. The van der Waals surface area contributed by atoms with E-state index in [-0.39, 0.29) is 63.1 Å². The molecule has 50 heavy (non-hydrogen) atoms. The van der Waals surface area contributed by atoms with Crippen LogP contribution in [-0.4, -0.2) is 66.8 Å². The summed E-state index contributed by atoms with van der Waals surface area (Å²) in [6.45, 7) is 4.36. The van der Waals surface area contributed by atoms with Gasteiger partial charge in [0, 0.05) is 12.8 Å². The molecule has 0 aromatic rings. The highest BCUT2D eigenvalue weighted by Crippen LogP contribution is 2.14. The second kappa shape index (κ2) is 41.7. The Hall–Kier alpha value is -1.74. The van der Waals surface area contributed by atoms with Gasteiger partial charge < -0.3 is 24.8 Å². The van der Waals surface area contributed by atoms with E-state index >= 15 is 0 Å². The number of nitrogens with zero attached hydrogens (tertiary/aromatic N) is 1. The van der Waals surface area contributed by atoms with Crippen LogP contribution in [0.15, 0.2) is 0 Å². The summed E-state index contributed by atoms with van der Waals surface area (Å²) < 4.78 is 10.7. The van der Waals surface area contributed by atoms with Crippen LogP contribution in [-0.2, 0) is 23.9 Å². The predicted octanol–water partition coefficient (Wildman–Crippen LogP) is 11.0. The number of carbonyl (C=O) groups excluding carboxylic acids is 3. The molecule has 2 amide bonds. The highest BCUT2D eigenvalue weighted by molar-refractivity contribution is 5.85. The van der Waals surface area contributed by atoms with Crippen LogP contribution in [0.5, 0.6) is 0 Å². The van der Waals surface area contributed by atoms with E-state index in [1.165, 1.54) is 133 Å². The van der Waals surface area contributed by atoms with Crippen molar-refractivity contribution >= 4 is 48.8 Å². The molecule has 2 N–H and O–H groups in total. The number of hydrogen-bond donors (Lipinski definition) is 2.